The van der Waals surface area contributed by atoms with Gasteiger partial charge in [-0.1, -0.05) is 72.7 Å². The second-order valence-corrected chi connectivity index (χ2v) is 8.85. The lowest BCUT2D eigenvalue weighted by Crippen LogP contribution is -2.19. The largest absolute Gasteiger partial charge is 0.489 e. The van der Waals surface area contributed by atoms with Crippen LogP contribution in [0.15, 0.2) is 78.9 Å². The van der Waals surface area contributed by atoms with Gasteiger partial charge in [0.2, 0.25) is 0 Å². The van der Waals surface area contributed by atoms with Gasteiger partial charge in [-0.05, 0) is 60.2 Å². The van der Waals surface area contributed by atoms with Gasteiger partial charge in [0.05, 0.1) is 12.3 Å². The van der Waals surface area contributed by atoms with Crippen LogP contribution in [0, 0.1) is 11.8 Å². The Labute approximate surface area is 215 Å². The summed E-state index contributed by atoms with van der Waals surface area (Å²) in [4.78, 5) is 13.6. The maximum Gasteiger partial charge on any atom is 0.304 e. The Morgan fingerprint density at radius 3 is 2.37 bits per heavy atom. The van der Waals surface area contributed by atoms with E-state index in [1.807, 2.05) is 24.3 Å². The first kappa shape index (κ1) is 26.4. The summed E-state index contributed by atoms with van der Waals surface area (Å²) in [5, 5.41) is 9.10. The van der Waals surface area contributed by atoms with Gasteiger partial charge in [-0.2, -0.15) is 13.5 Å². The van der Waals surface area contributed by atoms with Crippen molar-refractivity contribution in [3.05, 3.63) is 101 Å². The fraction of sp³-hybridized carbons (Fsp3) is 0.300. The zero-order valence-electron chi connectivity index (χ0n) is 20.1. The van der Waals surface area contributed by atoms with E-state index in [0.717, 1.165) is 36.5 Å². The number of hydrogen-bond donors (Lipinski definition) is 1. The number of carboxylic acids is 1. The zero-order valence-corrected chi connectivity index (χ0v) is 21.1. The van der Waals surface area contributed by atoms with Crippen molar-refractivity contribution in [3.8, 4) is 17.6 Å². The van der Waals surface area contributed by atoms with E-state index in [-0.39, 0.29) is 25.8 Å². The van der Waals surface area contributed by atoms with Gasteiger partial charge in [0.25, 0.3) is 0 Å². The summed E-state index contributed by atoms with van der Waals surface area (Å²) < 4.78 is 5.94. The average Bonchev–Trinajstić information content (AvgIpc) is 3.32. The Bertz CT molecular complexity index is 1130. The molecule has 1 aliphatic rings. The van der Waals surface area contributed by atoms with E-state index >= 15 is 0 Å². The molecule has 1 N–H and O–H groups in total. The maximum absolute atomic E-state index is 11.1. The summed E-state index contributed by atoms with van der Waals surface area (Å²) in [6.45, 7) is 5.45. The molecular formula is C30H33NO3S. The van der Waals surface area contributed by atoms with Crippen molar-refractivity contribution in [2.45, 2.75) is 44.8 Å². The number of carboxylic acid groups (broad SMARTS) is 1. The molecule has 0 aromatic heterocycles. The molecule has 0 bridgehead atoms. The van der Waals surface area contributed by atoms with Crippen molar-refractivity contribution in [1.29, 1.82) is 0 Å². The van der Waals surface area contributed by atoms with Gasteiger partial charge in [-0.15, -0.1) is 5.92 Å². The monoisotopic (exact) mass is 487 g/mol. The van der Waals surface area contributed by atoms with Crippen LogP contribution >= 0.6 is 13.5 Å². The van der Waals surface area contributed by atoms with Crippen LogP contribution in [0.2, 0.25) is 0 Å². The van der Waals surface area contributed by atoms with Crippen LogP contribution in [0.4, 0.5) is 0 Å². The topological polar surface area (TPSA) is 49.8 Å². The van der Waals surface area contributed by atoms with Gasteiger partial charge in [0.1, 0.15) is 12.4 Å². The standard InChI is InChI=1S/C30H31NO3.H2S/c1-2-6-27(19-30(32)33)26-13-15-29(16-14-26)34-22-24-11-9-23(10-12-24)20-31-18-17-28(21-31)25-7-4-3-5-8-25;/h3-5,7-16,27-28H,17-22H2,1H3,(H,32,33);1H2/t27-,28?;/m0./s1. The number of carbonyl (C=O) groups is 1. The summed E-state index contributed by atoms with van der Waals surface area (Å²) in [5.41, 5.74) is 4.78. The molecule has 4 rings (SSSR count). The third-order valence-corrected chi connectivity index (χ3v) is 6.36. The average molecular weight is 488 g/mol. The normalized spacial score (nSPS) is 16.0. The smallest absolute Gasteiger partial charge is 0.304 e. The number of benzene rings is 3. The first-order valence-electron chi connectivity index (χ1n) is 11.8. The molecule has 1 fully saturated rings. The second kappa shape index (κ2) is 13.0. The fourth-order valence-corrected chi connectivity index (χ4v) is 4.54. The lowest BCUT2D eigenvalue weighted by Gasteiger charge is -2.16. The summed E-state index contributed by atoms with van der Waals surface area (Å²) in [6, 6.07) is 27.0. The van der Waals surface area contributed by atoms with Gasteiger partial charge >= 0.3 is 5.97 Å². The van der Waals surface area contributed by atoms with Crippen molar-refractivity contribution < 1.29 is 14.6 Å². The summed E-state index contributed by atoms with van der Waals surface area (Å²) in [7, 11) is 0. The predicted octanol–water partition coefficient (Wildman–Crippen LogP) is 5.95. The van der Waals surface area contributed by atoms with E-state index in [0.29, 0.717) is 12.5 Å². The van der Waals surface area contributed by atoms with Crippen molar-refractivity contribution in [2.24, 2.45) is 0 Å². The van der Waals surface area contributed by atoms with Gasteiger partial charge in [0.15, 0.2) is 0 Å². The molecule has 1 heterocycles. The van der Waals surface area contributed by atoms with Gasteiger partial charge < -0.3 is 9.84 Å². The lowest BCUT2D eigenvalue weighted by molar-refractivity contribution is -0.137. The van der Waals surface area contributed by atoms with E-state index in [1.54, 1.807) is 6.92 Å². The molecule has 182 valence electrons. The van der Waals surface area contributed by atoms with Crippen LogP contribution < -0.4 is 4.74 Å². The van der Waals surface area contributed by atoms with Crippen LogP contribution in [0.5, 0.6) is 5.75 Å². The van der Waals surface area contributed by atoms with Gasteiger partial charge in [-0.25, -0.2) is 0 Å². The maximum atomic E-state index is 11.1. The van der Waals surface area contributed by atoms with Crippen molar-refractivity contribution in [1.82, 2.24) is 4.90 Å². The van der Waals surface area contributed by atoms with Crippen molar-refractivity contribution >= 4 is 19.5 Å². The molecule has 1 aliphatic heterocycles. The van der Waals surface area contributed by atoms with E-state index < -0.39 is 5.97 Å². The minimum Gasteiger partial charge on any atom is -0.489 e. The van der Waals surface area contributed by atoms with E-state index in [1.165, 1.54) is 17.5 Å². The van der Waals surface area contributed by atoms with E-state index in [9.17, 15) is 4.79 Å². The number of aliphatic carboxylic acids is 1. The van der Waals surface area contributed by atoms with Crippen LogP contribution in [0.25, 0.3) is 0 Å². The molecule has 0 aliphatic carbocycles. The molecule has 0 spiro atoms. The van der Waals surface area contributed by atoms with Crippen LogP contribution in [-0.2, 0) is 17.9 Å². The summed E-state index contributed by atoms with van der Waals surface area (Å²) in [6.07, 6.45) is 1.22. The zero-order chi connectivity index (χ0) is 23.8. The molecule has 5 heteroatoms. The minimum absolute atomic E-state index is 0. The third kappa shape index (κ3) is 7.65. The SMILES string of the molecule is CC#C[C@@H](CC(=O)O)c1ccc(OCc2ccc(CN3CCC(c4ccccc4)C3)cc2)cc1.S. The highest BCUT2D eigenvalue weighted by molar-refractivity contribution is 7.59. The molecule has 2 atom stereocenters. The quantitative estimate of drug-likeness (QED) is 0.379. The molecule has 3 aromatic carbocycles. The third-order valence-electron chi connectivity index (χ3n) is 6.36. The van der Waals surface area contributed by atoms with Gasteiger partial charge in [0, 0.05) is 13.1 Å². The number of nitrogens with zero attached hydrogens (tertiary/aromatic N) is 1. The molecule has 1 unspecified atom stereocenters. The predicted molar refractivity (Wildman–Crippen MR) is 145 cm³/mol. The molecular weight excluding hydrogens is 454 g/mol. The van der Waals surface area contributed by atoms with Crippen LogP contribution in [0.1, 0.15) is 53.9 Å². The molecule has 0 amide bonds. The first-order valence-corrected chi connectivity index (χ1v) is 11.8. The summed E-state index contributed by atoms with van der Waals surface area (Å²) in [5.74, 6) is 6.04. The highest BCUT2D eigenvalue weighted by Crippen LogP contribution is 2.28. The van der Waals surface area contributed by atoms with Crippen molar-refractivity contribution in [2.75, 3.05) is 13.1 Å². The molecule has 35 heavy (non-hydrogen) atoms. The molecule has 4 nitrogen and oxygen atoms in total. The van der Waals surface area contributed by atoms with E-state index in [2.05, 4.69) is 71.3 Å². The highest BCUT2D eigenvalue weighted by atomic mass is 32.1. The van der Waals surface area contributed by atoms with Gasteiger partial charge in [-0.3, -0.25) is 9.69 Å². The molecule has 1 saturated heterocycles. The Morgan fingerprint density at radius 2 is 1.71 bits per heavy atom. The van der Waals surface area contributed by atoms with Crippen molar-refractivity contribution in [3.63, 3.8) is 0 Å². The Balaban J connectivity index is 0.00000342. The molecule has 3 aromatic rings. The number of hydrogen-bond acceptors (Lipinski definition) is 3. The lowest BCUT2D eigenvalue weighted by atomic mass is 9.96. The minimum atomic E-state index is -0.850. The Kier molecular flexibility index (Phi) is 9.84. The number of rotatable bonds is 9. The number of ether oxygens (including phenoxy) is 1. The number of likely N-dealkylation sites (tertiary alicyclic amines) is 1. The Morgan fingerprint density at radius 1 is 1.03 bits per heavy atom. The fourth-order valence-electron chi connectivity index (χ4n) is 4.54. The second-order valence-electron chi connectivity index (χ2n) is 8.85. The van der Waals surface area contributed by atoms with E-state index in [4.69, 9.17) is 9.84 Å². The first-order chi connectivity index (χ1) is 16.6. The molecule has 0 radical (unpaired) electrons. The van der Waals surface area contributed by atoms with Crippen LogP contribution in [-0.4, -0.2) is 29.1 Å². The highest BCUT2D eigenvalue weighted by Gasteiger charge is 2.23. The van der Waals surface area contributed by atoms with Crippen LogP contribution in [0.3, 0.4) is 0 Å². The molecule has 0 saturated carbocycles. The Hall–Kier alpha value is -3.20. The summed E-state index contributed by atoms with van der Waals surface area (Å²) >= 11 is 0.